The molecule has 0 aromatic carbocycles. The van der Waals surface area contributed by atoms with E-state index in [-0.39, 0.29) is 17.8 Å². The minimum absolute atomic E-state index is 0.00745. The Kier molecular flexibility index (Phi) is 3.97. The van der Waals surface area contributed by atoms with Crippen molar-refractivity contribution >= 4 is 17.7 Å². The number of hydrogen-bond donors (Lipinski definition) is 3. The van der Waals surface area contributed by atoms with Crippen molar-refractivity contribution < 1.29 is 14.7 Å². The van der Waals surface area contributed by atoms with E-state index in [4.69, 9.17) is 0 Å². The Morgan fingerprint density at radius 3 is 2.62 bits per heavy atom. The highest BCUT2D eigenvalue weighted by Crippen LogP contribution is 2.28. The molecule has 1 aliphatic heterocycles. The summed E-state index contributed by atoms with van der Waals surface area (Å²) in [7, 11) is 0. The lowest BCUT2D eigenvalue weighted by Crippen LogP contribution is -2.41. The van der Waals surface area contributed by atoms with E-state index in [0.29, 0.717) is 18.9 Å². The fraction of sp³-hybridized carbons (Fsp3) is 0.538. The predicted molar refractivity (Wildman–Crippen MR) is 74.4 cm³/mol. The second-order valence-electron chi connectivity index (χ2n) is 5.50. The number of carbonyl (C=O) groups excluding carboxylic acids is 1. The zero-order valence-electron chi connectivity index (χ0n) is 11.8. The van der Waals surface area contributed by atoms with E-state index in [2.05, 4.69) is 10.3 Å². The number of anilines is 1. The van der Waals surface area contributed by atoms with Gasteiger partial charge in [0.1, 0.15) is 5.82 Å². The zero-order valence-corrected chi connectivity index (χ0v) is 11.8. The van der Waals surface area contributed by atoms with Gasteiger partial charge >= 0.3 is 11.7 Å². The van der Waals surface area contributed by atoms with Crippen LogP contribution in [0.5, 0.6) is 0 Å². The van der Waals surface area contributed by atoms with E-state index < -0.39 is 29.0 Å². The highest BCUT2D eigenvalue weighted by atomic mass is 16.4. The highest BCUT2D eigenvalue weighted by Gasteiger charge is 2.35. The monoisotopic (exact) mass is 295 g/mol. The first kappa shape index (κ1) is 15.0. The molecule has 3 N–H and O–H groups in total. The maximum absolute atomic E-state index is 11.9. The number of nitrogens with zero attached hydrogens (tertiary/aromatic N) is 1. The van der Waals surface area contributed by atoms with Crippen molar-refractivity contribution in [2.24, 2.45) is 5.92 Å². The molecule has 0 aliphatic carbocycles. The van der Waals surface area contributed by atoms with Crippen LogP contribution in [0, 0.1) is 5.92 Å². The summed E-state index contributed by atoms with van der Waals surface area (Å²) < 4.78 is 1.23. The molecule has 2 heterocycles. The molecule has 21 heavy (non-hydrogen) atoms. The Morgan fingerprint density at radius 2 is 2.05 bits per heavy atom. The van der Waals surface area contributed by atoms with Crippen LogP contribution in [-0.4, -0.2) is 26.5 Å². The van der Waals surface area contributed by atoms with Crippen molar-refractivity contribution in [3.8, 4) is 0 Å². The van der Waals surface area contributed by atoms with Gasteiger partial charge in [0.25, 0.3) is 5.56 Å². The fourth-order valence-corrected chi connectivity index (χ4v) is 2.33. The number of aromatic amines is 1. The molecule has 1 atom stereocenters. The maximum Gasteiger partial charge on any atom is 0.329 e. The van der Waals surface area contributed by atoms with Crippen molar-refractivity contribution in [3.05, 3.63) is 26.4 Å². The van der Waals surface area contributed by atoms with Gasteiger partial charge < -0.3 is 10.4 Å². The zero-order chi connectivity index (χ0) is 15.7. The average Bonchev–Trinajstić information content (AvgIpc) is 2.36. The molecule has 8 heteroatoms. The number of nitrogens with one attached hydrogen (secondary N) is 2. The van der Waals surface area contributed by atoms with Crippen molar-refractivity contribution in [1.29, 1.82) is 0 Å². The summed E-state index contributed by atoms with van der Waals surface area (Å²) in [6, 6.07) is 0. The van der Waals surface area contributed by atoms with Crippen molar-refractivity contribution in [1.82, 2.24) is 9.55 Å². The lowest BCUT2D eigenvalue weighted by atomic mass is 9.93. The lowest BCUT2D eigenvalue weighted by Gasteiger charge is -2.24. The lowest BCUT2D eigenvalue weighted by molar-refractivity contribution is -0.140. The third kappa shape index (κ3) is 2.88. The number of rotatable bonds is 4. The number of fused-ring (bicyclic) bond motifs is 1. The summed E-state index contributed by atoms with van der Waals surface area (Å²) in [6.45, 7) is 4.24. The Morgan fingerprint density at radius 1 is 1.38 bits per heavy atom. The van der Waals surface area contributed by atoms with Gasteiger partial charge in [-0.25, -0.2) is 4.79 Å². The van der Waals surface area contributed by atoms with Gasteiger partial charge in [-0.3, -0.25) is 23.9 Å². The van der Waals surface area contributed by atoms with Crippen LogP contribution in [0.1, 0.15) is 38.2 Å². The van der Waals surface area contributed by atoms with Gasteiger partial charge in [-0.15, -0.1) is 0 Å². The van der Waals surface area contributed by atoms with Crippen molar-refractivity contribution in [2.75, 3.05) is 5.32 Å². The Bertz CT molecular complexity index is 701. The van der Waals surface area contributed by atoms with E-state index in [1.165, 1.54) is 4.57 Å². The second kappa shape index (κ2) is 5.55. The molecule has 0 fully saturated rings. The molecular formula is C13H17N3O5. The van der Waals surface area contributed by atoms with Crippen LogP contribution >= 0.6 is 0 Å². The first-order chi connectivity index (χ1) is 9.81. The molecule has 114 valence electrons. The number of aliphatic carboxylic acids is 1. The molecule has 0 saturated carbocycles. The van der Waals surface area contributed by atoms with E-state index in [1.807, 2.05) is 13.8 Å². The average molecular weight is 295 g/mol. The van der Waals surface area contributed by atoms with Gasteiger partial charge in [0.15, 0.2) is 0 Å². The van der Waals surface area contributed by atoms with Crippen LogP contribution in [0.15, 0.2) is 9.59 Å². The Balaban J connectivity index is 2.61. The second-order valence-corrected chi connectivity index (χ2v) is 5.50. The number of H-pyrrole nitrogens is 1. The molecule has 1 aromatic heterocycles. The van der Waals surface area contributed by atoms with Gasteiger partial charge in [-0.2, -0.15) is 0 Å². The molecule has 1 amide bonds. The minimum atomic E-state index is -1.26. The molecule has 0 saturated heterocycles. The standard InChI is InChI=1S/C13H17N3O5/c1-6(2)3-4-16-10-9(11(18)15-13(16)21)7(12(19)20)5-8(17)14-10/h6-7H,3-5H2,1-2H3,(H,14,17)(H,19,20)(H,15,18,21). The summed E-state index contributed by atoms with van der Waals surface area (Å²) in [6.07, 6.45) is 0.347. The fourth-order valence-electron chi connectivity index (χ4n) is 2.33. The van der Waals surface area contributed by atoms with Crippen LogP contribution < -0.4 is 16.6 Å². The number of carboxylic acid groups (broad SMARTS) is 1. The smallest absolute Gasteiger partial charge is 0.329 e. The quantitative estimate of drug-likeness (QED) is 0.727. The number of amides is 1. The molecular weight excluding hydrogens is 278 g/mol. The van der Waals surface area contributed by atoms with Crippen molar-refractivity contribution in [3.63, 3.8) is 0 Å². The largest absolute Gasteiger partial charge is 0.481 e. The van der Waals surface area contributed by atoms with Crippen LogP contribution in [0.25, 0.3) is 0 Å². The van der Waals surface area contributed by atoms with Gasteiger partial charge in [0.2, 0.25) is 5.91 Å². The highest BCUT2D eigenvalue weighted by molar-refractivity contribution is 5.98. The molecule has 2 rings (SSSR count). The van der Waals surface area contributed by atoms with Crippen molar-refractivity contribution in [2.45, 2.75) is 39.2 Å². The summed E-state index contributed by atoms with van der Waals surface area (Å²) in [4.78, 5) is 48.9. The van der Waals surface area contributed by atoms with E-state index >= 15 is 0 Å². The third-order valence-electron chi connectivity index (χ3n) is 3.46. The summed E-state index contributed by atoms with van der Waals surface area (Å²) in [5.41, 5.74) is -1.47. The van der Waals surface area contributed by atoms with Crippen LogP contribution in [0.4, 0.5) is 5.82 Å². The van der Waals surface area contributed by atoms with Crippen LogP contribution in [0.2, 0.25) is 0 Å². The molecule has 1 aliphatic rings. The topological polar surface area (TPSA) is 121 Å². The SMILES string of the molecule is CC(C)CCn1c2c(c(=O)[nH]c1=O)C(C(=O)O)CC(=O)N2. The van der Waals surface area contributed by atoms with Gasteiger partial charge in [0.05, 0.1) is 11.5 Å². The van der Waals surface area contributed by atoms with Crippen LogP contribution in [-0.2, 0) is 16.1 Å². The number of carboxylic acids is 1. The summed E-state index contributed by atoms with van der Waals surface area (Å²) >= 11 is 0. The first-order valence-electron chi connectivity index (χ1n) is 6.71. The van der Waals surface area contributed by atoms with Gasteiger partial charge in [-0.05, 0) is 12.3 Å². The van der Waals surface area contributed by atoms with E-state index in [1.54, 1.807) is 0 Å². The van der Waals surface area contributed by atoms with Gasteiger partial charge in [-0.1, -0.05) is 13.8 Å². The third-order valence-corrected chi connectivity index (χ3v) is 3.46. The normalized spacial score (nSPS) is 17.5. The number of carbonyl (C=O) groups is 2. The molecule has 0 bridgehead atoms. The predicted octanol–water partition coefficient (Wildman–Crippen LogP) is 0.0931. The minimum Gasteiger partial charge on any atom is -0.481 e. The van der Waals surface area contributed by atoms with E-state index in [9.17, 15) is 24.3 Å². The summed E-state index contributed by atoms with van der Waals surface area (Å²) in [5, 5.41) is 11.6. The first-order valence-corrected chi connectivity index (χ1v) is 6.71. The molecule has 1 aromatic rings. The number of aromatic nitrogens is 2. The Hall–Kier alpha value is -2.38. The summed E-state index contributed by atoms with van der Waals surface area (Å²) in [5.74, 6) is -2.69. The van der Waals surface area contributed by atoms with E-state index in [0.717, 1.165) is 0 Å². The van der Waals surface area contributed by atoms with Gasteiger partial charge in [0, 0.05) is 13.0 Å². The van der Waals surface area contributed by atoms with Crippen LogP contribution in [0.3, 0.4) is 0 Å². The molecule has 0 radical (unpaired) electrons. The molecule has 0 spiro atoms. The molecule has 1 unspecified atom stereocenters. The number of hydrogen-bond acceptors (Lipinski definition) is 4. The Labute approximate surface area is 119 Å². The maximum atomic E-state index is 11.9. The molecule has 8 nitrogen and oxygen atoms in total.